The van der Waals surface area contributed by atoms with Crippen molar-refractivity contribution in [2.24, 2.45) is 0 Å². The standard InChI is InChI=1S/C25H22N4O2/c30-24(27-23-16-17-29(28-23)21-14-8-3-9-15-21)18-22(19-10-4-1-5-11-19)26-25(31)20-12-6-2-7-13-20/h1-17,22H,18H2,(H,26,31)(H,27,28,30). The lowest BCUT2D eigenvalue weighted by atomic mass is 10.0. The van der Waals surface area contributed by atoms with Crippen LogP contribution < -0.4 is 10.6 Å². The second-order valence-corrected chi connectivity index (χ2v) is 7.04. The lowest BCUT2D eigenvalue weighted by Gasteiger charge is -2.19. The first-order chi connectivity index (χ1) is 15.2. The number of benzene rings is 3. The van der Waals surface area contributed by atoms with E-state index in [0.717, 1.165) is 11.3 Å². The summed E-state index contributed by atoms with van der Waals surface area (Å²) in [5, 5.41) is 10.2. The number of carbonyl (C=O) groups excluding carboxylic acids is 2. The Bertz CT molecular complexity index is 1140. The molecule has 0 saturated heterocycles. The number of para-hydroxylation sites is 1. The summed E-state index contributed by atoms with van der Waals surface area (Å²) in [6, 6.07) is 29.3. The second kappa shape index (κ2) is 9.54. The summed E-state index contributed by atoms with van der Waals surface area (Å²) >= 11 is 0. The molecule has 4 aromatic rings. The van der Waals surface area contributed by atoms with Crippen molar-refractivity contribution in [3.05, 3.63) is 114 Å². The number of aromatic nitrogens is 2. The maximum atomic E-state index is 12.7. The Labute approximate surface area is 180 Å². The van der Waals surface area contributed by atoms with Crippen LogP contribution >= 0.6 is 0 Å². The maximum absolute atomic E-state index is 12.7. The van der Waals surface area contributed by atoms with E-state index >= 15 is 0 Å². The van der Waals surface area contributed by atoms with Crippen molar-refractivity contribution in [2.75, 3.05) is 5.32 Å². The van der Waals surface area contributed by atoms with Crippen LogP contribution in [0.2, 0.25) is 0 Å². The van der Waals surface area contributed by atoms with E-state index in [2.05, 4.69) is 15.7 Å². The number of nitrogens with zero attached hydrogens (tertiary/aromatic N) is 2. The van der Waals surface area contributed by atoms with Crippen LogP contribution in [0.5, 0.6) is 0 Å². The average Bonchev–Trinajstić information content (AvgIpc) is 3.28. The largest absolute Gasteiger partial charge is 0.345 e. The van der Waals surface area contributed by atoms with E-state index in [0.29, 0.717) is 11.4 Å². The van der Waals surface area contributed by atoms with Gasteiger partial charge in [0.15, 0.2) is 5.82 Å². The van der Waals surface area contributed by atoms with Crippen molar-refractivity contribution < 1.29 is 9.59 Å². The summed E-state index contributed by atoms with van der Waals surface area (Å²) in [6.07, 6.45) is 1.87. The van der Waals surface area contributed by atoms with Gasteiger partial charge < -0.3 is 10.6 Å². The van der Waals surface area contributed by atoms with Gasteiger partial charge in [-0.3, -0.25) is 9.59 Å². The Morgan fingerprint density at radius 3 is 2.10 bits per heavy atom. The van der Waals surface area contributed by atoms with Gasteiger partial charge in [0.05, 0.1) is 18.2 Å². The lowest BCUT2D eigenvalue weighted by molar-refractivity contribution is -0.116. The molecule has 0 aliphatic heterocycles. The monoisotopic (exact) mass is 410 g/mol. The molecule has 1 heterocycles. The fourth-order valence-electron chi connectivity index (χ4n) is 3.26. The van der Waals surface area contributed by atoms with Crippen LogP contribution in [0, 0.1) is 0 Å². The van der Waals surface area contributed by atoms with Crippen molar-refractivity contribution in [3.63, 3.8) is 0 Å². The van der Waals surface area contributed by atoms with Crippen LogP contribution in [-0.2, 0) is 4.79 Å². The highest BCUT2D eigenvalue weighted by Crippen LogP contribution is 2.19. The molecule has 0 saturated carbocycles. The molecule has 0 aliphatic rings. The highest BCUT2D eigenvalue weighted by molar-refractivity contribution is 5.95. The molecule has 31 heavy (non-hydrogen) atoms. The molecule has 1 atom stereocenters. The quantitative estimate of drug-likeness (QED) is 0.475. The van der Waals surface area contributed by atoms with Crippen LogP contribution in [-0.4, -0.2) is 21.6 Å². The molecular formula is C25H22N4O2. The van der Waals surface area contributed by atoms with Crippen LogP contribution in [0.4, 0.5) is 5.82 Å². The van der Waals surface area contributed by atoms with Gasteiger partial charge in [-0.05, 0) is 29.8 Å². The zero-order valence-corrected chi connectivity index (χ0v) is 16.8. The normalized spacial score (nSPS) is 11.5. The molecule has 0 fully saturated rings. The van der Waals surface area contributed by atoms with Gasteiger partial charge in [-0.1, -0.05) is 66.7 Å². The van der Waals surface area contributed by atoms with Gasteiger partial charge in [0, 0.05) is 17.8 Å². The molecule has 0 aliphatic carbocycles. The van der Waals surface area contributed by atoms with Crippen molar-refractivity contribution in [2.45, 2.75) is 12.5 Å². The first-order valence-corrected chi connectivity index (χ1v) is 10.0. The molecule has 1 aromatic heterocycles. The van der Waals surface area contributed by atoms with E-state index < -0.39 is 6.04 Å². The van der Waals surface area contributed by atoms with Gasteiger partial charge >= 0.3 is 0 Å². The smallest absolute Gasteiger partial charge is 0.251 e. The van der Waals surface area contributed by atoms with E-state index in [1.54, 1.807) is 29.1 Å². The van der Waals surface area contributed by atoms with E-state index in [4.69, 9.17) is 0 Å². The first kappa shape index (κ1) is 20.1. The fraction of sp³-hybridized carbons (Fsp3) is 0.0800. The van der Waals surface area contributed by atoms with Crippen LogP contribution in [0.3, 0.4) is 0 Å². The van der Waals surface area contributed by atoms with E-state index in [1.165, 1.54) is 0 Å². The SMILES string of the molecule is O=C(CC(NC(=O)c1ccccc1)c1ccccc1)Nc1ccn(-c2ccccc2)n1. The van der Waals surface area contributed by atoms with Crippen LogP contribution in [0.15, 0.2) is 103 Å². The number of hydrogen-bond acceptors (Lipinski definition) is 3. The fourth-order valence-corrected chi connectivity index (χ4v) is 3.26. The summed E-state index contributed by atoms with van der Waals surface area (Å²) in [5.74, 6) is -0.00816. The summed E-state index contributed by atoms with van der Waals surface area (Å²) in [6.45, 7) is 0. The molecule has 0 radical (unpaired) electrons. The number of rotatable bonds is 7. The third kappa shape index (κ3) is 5.25. The number of carbonyl (C=O) groups is 2. The zero-order valence-electron chi connectivity index (χ0n) is 16.8. The van der Waals surface area contributed by atoms with Crippen molar-refractivity contribution in [3.8, 4) is 5.69 Å². The van der Waals surface area contributed by atoms with Gasteiger partial charge in [0.2, 0.25) is 5.91 Å². The zero-order chi connectivity index (χ0) is 21.5. The molecular weight excluding hydrogens is 388 g/mol. The molecule has 0 spiro atoms. The third-order valence-corrected chi connectivity index (χ3v) is 4.81. The molecule has 6 heteroatoms. The summed E-state index contributed by atoms with van der Waals surface area (Å²) in [7, 11) is 0. The second-order valence-electron chi connectivity index (χ2n) is 7.04. The molecule has 154 valence electrons. The Morgan fingerprint density at radius 1 is 0.806 bits per heavy atom. The molecule has 6 nitrogen and oxygen atoms in total. The Morgan fingerprint density at radius 2 is 1.42 bits per heavy atom. The predicted molar refractivity (Wildman–Crippen MR) is 120 cm³/mol. The van der Waals surface area contributed by atoms with Gasteiger partial charge in [-0.15, -0.1) is 0 Å². The van der Waals surface area contributed by atoms with Crippen LogP contribution in [0.25, 0.3) is 5.69 Å². The summed E-state index contributed by atoms with van der Waals surface area (Å²) in [5.41, 5.74) is 2.31. The topological polar surface area (TPSA) is 76.0 Å². The van der Waals surface area contributed by atoms with Crippen molar-refractivity contribution in [1.29, 1.82) is 0 Å². The number of amides is 2. The van der Waals surface area contributed by atoms with Gasteiger partial charge in [-0.2, -0.15) is 5.10 Å². The molecule has 1 unspecified atom stereocenters. The number of hydrogen-bond donors (Lipinski definition) is 2. The molecule has 4 rings (SSSR count). The van der Waals surface area contributed by atoms with E-state index in [9.17, 15) is 9.59 Å². The third-order valence-electron chi connectivity index (χ3n) is 4.81. The van der Waals surface area contributed by atoms with Gasteiger partial charge in [0.1, 0.15) is 0 Å². The number of nitrogens with one attached hydrogen (secondary N) is 2. The van der Waals surface area contributed by atoms with Crippen molar-refractivity contribution in [1.82, 2.24) is 15.1 Å². The predicted octanol–water partition coefficient (Wildman–Crippen LogP) is 4.37. The van der Waals surface area contributed by atoms with Crippen molar-refractivity contribution >= 4 is 17.6 Å². The highest BCUT2D eigenvalue weighted by atomic mass is 16.2. The molecule has 3 aromatic carbocycles. The minimum absolute atomic E-state index is 0.0841. The Balaban J connectivity index is 1.46. The van der Waals surface area contributed by atoms with Gasteiger partial charge in [-0.25, -0.2) is 4.68 Å². The Kier molecular flexibility index (Phi) is 6.18. The average molecular weight is 410 g/mol. The van der Waals surface area contributed by atoms with Gasteiger partial charge in [0.25, 0.3) is 5.91 Å². The number of anilines is 1. The minimum Gasteiger partial charge on any atom is -0.345 e. The lowest BCUT2D eigenvalue weighted by Crippen LogP contribution is -2.31. The van der Waals surface area contributed by atoms with E-state index in [1.807, 2.05) is 78.9 Å². The first-order valence-electron chi connectivity index (χ1n) is 10.0. The molecule has 0 bridgehead atoms. The highest BCUT2D eigenvalue weighted by Gasteiger charge is 2.19. The van der Waals surface area contributed by atoms with E-state index in [-0.39, 0.29) is 18.2 Å². The molecule has 2 N–H and O–H groups in total. The summed E-state index contributed by atoms with van der Waals surface area (Å²) in [4.78, 5) is 25.4. The molecule has 2 amide bonds. The minimum atomic E-state index is -0.467. The maximum Gasteiger partial charge on any atom is 0.251 e. The Hall–Kier alpha value is -4.19. The summed E-state index contributed by atoms with van der Waals surface area (Å²) < 4.78 is 1.70. The van der Waals surface area contributed by atoms with Crippen LogP contribution in [0.1, 0.15) is 28.4 Å².